The highest BCUT2D eigenvalue weighted by molar-refractivity contribution is 5.29. The van der Waals surface area contributed by atoms with E-state index in [4.69, 9.17) is 5.73 Å². The van der Waals surface area contributed by atoms with Gasteiger partial charge < -0.3 is 5.73 Å². The van der Waals surface area contributed by atoms with Crippen molar-refractivity contribution in [3.8, 4) is 0 Å². The lowest BCUT2D eigenvalue weighted by Gasteiger charge is -1.82. The SMILES string of the molecule is C=N/C(C)=C\C=C/CN. The van der Waals surface area contributed by atoms with Gasteiger partial charge >= 0.3 is 0 Å². The first kappa shape index (κ1) is 8.11. The molecule has 0 aromatic heterocycles. The van der Waals surface area contributed by atoms with Crippen LogP contribution in [-0.4, -0.2) is 13.3 Å². The molecule has 9 heavy (non-hydrogen) atoms. The summed E-state index contributed by atoms with van der Waals surface area (Å²) in [5.41, 5.74) is 6.10. The molecule has 2 nitrogen and oxygen atoms in total. The van der Waals surface area contributed by atoms with E-state index in [2.05, 4.69) is 11.7 Å². The van der Waals surface area contributed by atoms with Crippen LogP contribution in [0.4, 0.5) is 0 Å². The van der Waals surface area contributed by atoms with Crippen molar-refractivity contribution in [1.29, 1.82) is 0 Å². The number of allylic oxidation sites excluding steroid dienone is 3. The van der Waals surface area contributed by atoms with Crippen LogP contribution < -0.4 is 5.73 Å². The Balaban J connectivity index is 3.68. The summed E-state index contributed by atoms with van der Waals surface area (Å²) in [5.74, 6) is 0. The summed E-state index contributed by atoms with van der Waals surface area (Å²) in [6.45, 7) is 5.81. The molecule has 0 aromatic rings. The third-order valence-electron chi connectivity index (χ3n) is 0.859. The van der Waals surface area contributed by atoms with Gasteiger partial charge in [-0.1, -0.05) is 12.2 Å². The molecule has 0 rings (SSSR count). The van der Waals surface area contributed by atoms with Gasteiger partial charge in [0.2, 0.25) is 0 Å². The highest BCUT2D eigenvalue weighted by atomic mass is 14.7. The predicted molar refractivity (Wildman–Crippen MR) is 41.5 cm³/mol. The van der Waals surface area contributed by atoms with Crippen LogP contribution in [0.3, 0.4) is 0 Å². The van der Waals surface area contributed by atoms with E-state index in [1.54, 1.807) is 0 Å². The van der Waals surface area contributed by atoms with Crippen LogP contribution in [0.5, 0.6) is 0 Å². The topological polar surface area (TPSA) is 38.4 Å². The molecule has 0 aliphatic rings. The van der Waals surface area contributed by atoms with Gasteiger partial charge in [0, 0.05) is 12.2 Å². The molecule has 2 heteroatoms. The Bertz CT molecular complexity index is 134. The molecule has 0 saturated carbocycles. The molecule has 0 saturated heterocycles. The van der Waals surface area contributed by atoms with Crippen molar-refractivity contribution in [2.45, 2.75) is 6.92 Å². The van der Waals surface area contributed by atoms with E-state index >= 15 is 0 Å². The van der Waals surface area contributed by atoms with Crippen molar-refractivity contribution in [2.75, 3.05) is 6.54 Å². The summed E-state index contributed by atoms with van der Waals surface area (Å²) < 4.78 is 0. The molecule has 0 aliphatic carbocycles. The van der Waals surface area contributed by atoms with Crippen LogP contribution in [-0.2, 0) is 0 Å². The number of aliphatic imine (C=N–C) groups is 1. The van der Waals surface area contributed by atoms with E-state index in [1.165, 1.54) is 0 Å². The van der Waals surface area contributed by atoms with E-state index in [1.807, 2.05) is 25.2 Å². The normalized spacial score (nSPS) is 12.4. The fraction of sp³-hybridized carbons (Fsp3) is 0.286. The van der Waals surface area contributed by atoms with Gasteiger partial charge in [0.25, 0.3) is 0 Å². The van der Waals surface area contributed by atoms with Crippen LogP contribution in [0.1, 0.15) is 6.92 Å². The van der Waals surface area contributed by atoms with Gasteiger partial charge in [-0.15, -0.1) is 0 Å². The van der Waals surface area contributed by atoms with Crippen molar-refractivity contribution < 1.29 is 0 Å². The van der Waals surface area contributed by atoms with Gasteiger partial charge in [0.1, 0.15) is 0 Å². The molecule has 0 amide bonds. The Hall–Kier alpha value is -0.890. The summed E-state index contributed by atoms with van der Waals surface area (Å²) in [5, 5.41) is 0. The number of hydrogen-bond acceptors (Lipinski definition) is 2. The van der Waals surface area contributed by atoms with E-state index in [0.29, 0.717) is 6.54 Å². The molecular formula is C7H12N2. The standard InChI is InChI=1S/C7H12N2/c1-7(9-2)5-3-4-6-8/h3-5H,2,6,8H2,1H3/b4-3-,7-5-. The highest BCUT2D eigenvalue weighted by Crippen LogP contribution is 1.90. The zero-order valence-electron chi connectivity index (χ0n) is 5.67. The summed E-state index contributed by atoms with van der Waals surface area (Å²) in [6.07, 6.45) is 5.58. The molecular weight excluding hydrogens is 112 g/mol. The monoisotopic (exact) mass is 124 g/mol. The summed E-state index contributed by atoms with van der Waals surface area (Å²) in [7, 11) is 0. The van der Waals surface area contributed by atoms with E-state index in [-0.39, 0.29) is 0 Å². The van der Waals surface area contributed by atoms with Crippen LogP contribution in [0, 0.1) is 0 Å². The second kappa shape index (κ2) is 5.25. The van der Waals surface area contributed by atoms with Crippen LogP contribution in [0.25, 0.3) is 0 Å². The largest absolute Gasteiger partial charge is 0.327 e. The van der Waals surface area contributed by atoms with Gasteiger partial charge in [-0.3, -0.25) is 4.99 Å². The number of hydrogen-bond donors (Lipinski definition) is 1. The average Bonchev–Trinajstić information content (AvgIpc) is 1.89. The molecule has 2 N–H and O–H groups in total. The second-order valence-electron chi connectivity index (χ2n) is 1.63. The van der Waals surface area contributed by atoms with Crippen LogP contribution >= 0.6 is 0 Å². The zero-order valence-corrected chi connectivity index (χ0v) is 5.67. The molecule has 0 aromatic carbocycles. The minimum absolute atomic E-state index is 0.570. The first-order valence-corrected chi connectivity index (χ1v) is 2.81. The fourth-order valence-corrected chi connectivity index (χ4v) is 0.339. The Morgan fingerprint density at radius 3 is 2.89 bits per heavy atom. The maximum Gasteiger partial charge on any atom is 0.0365 e. The molecule has 0 atom stereocenters. The minimum Gasteiger partial charge on any atom is -0.327 e. The van der Waals surface area contributed by atoms with Crippen molar-refractivity contribution in [1.82, 2.24) is 0 Å². The minimum atomic E-state index is 0.570. The van der Waals surface area contributed by atoms with Gasteiger partial charge in [0.15, 0.2) is 0 Å². The highest BCUT2D eigenvalue weighted by Gasteiger charge is 1.72. The van der Waals surface area contributed by atoms with Crippen LogP contribution in [0.15, 0.2) is 28.9 Å². The Kier molecular flexibility index (Phi) is 4.73. The second-order valence-corrected chi connectivity index (χ2v) is 1.63. The third-order valence-corrected chi connectivity index (χ3v) is 0.859. The van der Waals surface area contributed by atoms with Crippen molar-refractivity contribution in [3.05, 3.63) is 23.9 Å². The molecule has 0 unspecified atom stereocenters. The van der Waals surface area contributed by atoms with Crippen molar-refractivity contribution >= 4 is 6.72 Å². The van der Waals surface area contributed by atoms with Gasteiger partial charge in [-0.25, -0.2) is 0 Å². The third kappa shape index (κ3) is 4.97. The van der Waals surface area contributed by atoms with Gasteiger partial charge in [-0.05, 0) is 19.7 Å². The molecule has 0 fully saturated rings. The maximum atomic E-state index is 5.19. The molecule has 0 heterocycles. The predicted octanol–water partition coefficient (Wildman–Crippen LogP) is 1.11. The molecule has 50 valence electrons. The number of rotatable bonds is 3. The maximum absolute atomic E-state index is 5.19. The van der Waals surface area contributed by atoms with Gasteiger partial charge in [0.05, 0.1) is 0 Å². The van der Waals surface area contributed by atoms with Crippen LogP contribution in [0.2, 0.25) is 0 Å². The van der Waals surface area contributed by atoms with Gasteiger partial charge in [-0.2, -0.15) is 0 Å². The number of nitrogens with two attached hydrogens (primary N) is 1. The molecule has 0 aliphatic heterocycles. The van der Waals surface area contributed by atoms with Crippen molar-refractivity contribution in [3.63, 3.8) is 0 Å². The van der Waals surface area contributed by atoms with E-state index in [0.717, 1.165) is 5.70 Å². The lowest BCUT2D eigenvalue weighted by atomic mass is 10.4. The zero-order chi connectivity index (χ0) is 7.11. The first-order valence-electron chi connectivity index (χ1n) is 2.81. The molecule has 0 radical (unpaired) electrons. The Morgan fingerprint density at radius 2 is 2.44 bits per heavy atom. The van der Waals surface area contributed by atoms with Crippen molar-refractivity contribution in [2.24, 2.45) is 10.7 Å². The fourth-order valence-electron chi connectivity index (χ4n) is 0.339. The Morgan fingerprint density at radius 1 is 1.78 bits per heavy atom. The lowest BCUT2D eigenvalue weighted by molar-refractivity contribution is 1.25. The first-order chi connectivity index (χ1) is 4.31. The number of nitrogens with zero attached hydrogens (tertiary/aromatic N) is 1. The van der Waals surface area contributed by atoms with E-state index < -0.39 is 0 Å². The lowest BCUT2D eigenvalue weighted by Crippen LogP contribution is -1.91. The summed E-state index contributed by atoms with van der Waals surface area (Å²) >= 11 is 0. The smallest absolute Gasteiger partial charge is 0.0365 e. The Labute approximate surface area is 55.8 Å². The summed E-state index contributed by atoms with van der Waals surface area (Å²) in [6, 6.07) is 0. The summed E-state index contributed by atoms with van der Waals surface area (Å²) in [4.78, 5) is 3.68. The quantitative estimate of drug-likeness (QED) is 0.444. The average molecular weight is 124 g/mol. The van der Waals surface area contributed by atoms with E-state index in [9.17, 15) is 0 Å². The molecule has 0 spiro atoms. The molecule has 0 bridgehead atoms.